The van der Waals surface area contributed by atoms with Gasteiger partial charge >= 0.3 is 0 Å². The Labute approximate surface area is 153 Å². The minimum Gasteiger partial charge on any atom is -0.379 e. The summed E-state index contributed by atoms with van der Waals surface area (Å²) >= 11 is 0. The summed E-state index contributed by atoms with van der Waals surface area (Å²) in [5.41, 5.74) is 2.73. The zero-order valence-corrected chi connectivity index (χ0v) is 15.1. The molecule has 1 saturated heterocycles. The molecule has 0 atom stereocenters. The van der Waals surface area contributed by atoms with Crippen LogP contribution in [0.1, 0.15) is 21.6 Å². The number of carbonyl (C=O) groups excluding carboxylic acids is 1. The molecule has 0 bridgehead atoms. The topological polar surface area (TPSA) is 79.4 Å². The van der Waals surface area contributed by atoms with Gasteiger partial charge in [-0.1, -0.05) is 29.8 Å². The van der Waals surface area contributed by atoms with Gasteiger partial charge in [0.1, 0.15) is 5.82 Å². The second-order valence-corrected chi connectivity index (χ2v) is 6.35. The van der Waals surface area contributed by atoms with Crippen LogP contribution in [0, 0.1) is 6.92 Å². The average Bonchev–Trinajstić information content (AvgIpc) is 2.69. The maximum absolute atomic E-state index is 12.1. The third-order valence-electron chi connectivity index (χ3n) is 4.31. The van der Waals surface area contributed by atoms with Gasteiger partial charge in [0.25, 0.3) is 5.91 Å². The fourth-order valence-electron chi connectivity index (χ4n) is 2.69. The molecule has 0 spiro atoms. The van der Waals surface area contributed by atoms with Crippen LogP contribution < -0.4 is 10.6 Å². The summed E-state index contributed by atoms with van der Waals surface area (Å²) in [6, 6.07) is 11.8. The van der Waals surface area contributed by atoms with E-state index in [4.69, 9.17) is 4.74 Å². The Morgan fingerprint density at radius 1 is 1.12 bits per heavy atom. The molecule has 2 aromatic rings. The molecule has 1 aliphatic rings. The van der Waals surface area contributed by atoms with Gasteiger partial charge in [0.15, 0.2) is 5.69 Å². The number of ether oxygens (including phenoxy) is 1. The summed E-state index contributed by atoms with van der Waals surface area (Å²) in [7, 11) is 0. The van der Waals surface area contributed by atoms with Crippen LogP contribution in [0.5, 0.6) is 0 Å². The summed E-state index contributed by atoms with van der Waals surface area (Å²) in [6.07, 6.45) is 0. The van der Waals surface area contributed by atoms with Crippen LogP contribution in [-0.4, -0.2) is 60.4 Å². The van der Waals surface area contributed by atoms with Crippen LogP contribution in [0.3, 0.4) is 0 Å². The van der Waals surface area contributed by atoms with Gasteiger partial charge in [-0.15, -0.1) is 10.2 Å². The number of nitrogens with zero attached hydrogens (tertiary/aromatic N) is 3. The van der Waals surface area contributed by atoms with Gasteiger partial charge < -0.3 is 15.4 Å². The minimum atomic E-state index is -0.198. The van der Waals surface area contributed by atoms with Gasteiger partial charge in [0.2, 0.25) is 0 Å². The molecule has 1 aliphatic heterocycles. The first-order chi connectivity index (χ1) is 12.7. The molecular formula is C19H25N5O2. The number of rotatable bonds is 7. The predicted octanol–water partition coefficient (Wildman–Crippen LogP) is 1.46. The van der Waals surface area contributed by atoms with Crippen LogP contribution in [-0.2, 0) is 11.3 Å². The number of hydrogen-bond acceptors (Lipinski definition) is 6. The smallest absolute Gasteiger partial charge is 0.271 e. The Hall–Kier alpha value is -2.51. The van der Waals surface area contributed by atoms with Crippen molar-refractivity contribution in [3.05, 3.63) is 53.2 Å². The number of hydrogen-bond donors (Lipinski definition) is 2. The molecule has 3 rings (SSSR count). The van der Waals surface area contributed by atoms with Crippen LogP contribution in [0.2, 0.25) is 0 Å². The summed E-state index contributed by atoms with van der Waals surface area (Å²) in [4.78, 5) is 14.4. The van der Waals surface area contributed by atoms with E-state index in [0.29, 0.717) is 24.6 Å². The van der Waals surface area contributed by atoms with Crippen LogP contribution >= 0.6 is 0 Å². The molecule has 138 valence electrons. The van der Waals surface area contributed by atoms with E-state index in [0.717, 1.165) is 32.8 Å². The van der Waals surface area contributed by atoms with Crippen molar-refractivity contribution in [1.29, 1.82) is 0 Å². The summed E-state index contributed by atoms with van der Waals surface area (Å²) < 4.78 is 5.31. The molecule has 0 radical (unpaired) electrons. The first-order valence-corrected chi connectivity index (χ1v) is 8.92. The Bertz CT molecular complexity index is 697. The fourth-order valence-corrected chi connectivity index (χ4v) is 2.69. The third-order valence-corrected chi connectivity index (χ3v) is 4.31. The van der Waals surface area contributed by atoms with Crippen molar-refractivity contribution in [2.75, 3.05) is 44.7 Å². The number of nitrogens with one attached hydrogen (secondary N) is 2. The zero-order chi connectivity index (χ0) is 18.2. The molecule has 2 N–H and O–H groups in total. The van der Waals surface area contributed by atoms with E-state index in [1.54, 1.807) is 12.1 Å². The lowest BCUT2D eigenvalue weighted by Crippen LogP contribution is -2.41. The maximum atomic E-state index is 12.1. The highest BCUT2D eigenvalue weighted by Gasteiger charge is 2.12. The van der Waals surface area contributed by atoms with E-state index in [1.807, 2.05) is 0 Å². The molecule has 0 aliphatic carbocycles. The van der Waals surface area contributed by atoms with Crippen molar-refractivity contribution in [3.63, 3.8) is 0 Å². The SMILES string of the molecule is Cc1ccc(CNc2ccc(C(=O)NCCN3CCOCC3)nn2)cc1. The molecule has 7 heteroatoms. The lowest BCUT2D eigenvalue weighted by atomic mass is 10.1. The molecule has 1 aromatic carbocycles. The number of aromatic nitrogens is 2. The lowest BCUT2D eigenvalue weighted by molar-refractivity contribution is 0.0383. The van der Waals surface area contributed by atoms with Crippen LogP contribution in [0.4, 0.5) is 5.82 Å². The average molecular weight is 355 g/mol. The van der Waals surface area contributed by atoms with Crippen LogP contribution in [0.25, 0.3) is 0 Å². The van der Waals surface area contributed by atoms with E-state index in [9.17, 15) is 4.79 Å². The fraction of sp³-hybridized carbons (Fsp3) is 0.421. The van der Waals surface area contributed by atoms with Crippen molar-refractivity contribution < 1.29 is 9.53 Å². The highest BCUT2D eigenvalue weighted by atomic mass is 16.5. The molecule has 2 heterocycles. The Morgan fingerprint density at radius 3 is 2.58 bits per heavy atom. The van der Waals surface area contributed by atoms with Crippen LogP contribution in [0.15, 0.2) is 36.4 Å². The highest BCUT2D eigenvalue weighted by molar-refractivity contribution is 5.92. The van der Waals surface area contributed by atoms with Crippen molar-refractivity contribution in [3.8, 4) is 0 Å². The van der Waals surface area contributed by atoms with E-state index in [2.05, 4.69) is 56.9 Å². The molecular weight excluding hydrogens is 330 g/mol. The second kappa shape index (κ2) is 9.26. The molecule has 7 nitrogen and oxygen atoms in total. The standard InChI is InChI=1S/C19H25N5O2/c1-15-2-4-16(5-3-15)14-21-18-7-6-17(22-23-18)19(25)20-8-9-24-10-12-26-13-11-24/h2-7H,8-14H2,1H3,(H,20,25)(H,21,23). The summed E-state index contributed by atoms with van der Waals surface area (Å²) in [5.74, 6) is 0.450. The number of morpholine rings is 1. The number of aryl methyl sites for hydroxylation is 1. The molecule has 1 amide bonds. The molecule has 1 fully saturated rings. The van der Waals surface area contributed by atoms with Gasteiger partial charge in [0.05, 0.1) is 13.2 Å². The van der Waals surface area contributed by atoms with Gasteiger partial charge in [-0.3, -0.25) is 9.69 Å². The van der Waals surface area contributed by atoms with E-state index >= 15 is 0 Å². The van der Waals surface area contributed by atoms with Gasteiger partial charge in [-0.2, -0.15) is 0 Å². The highest BCUT2D eigenvalue weighted by Crippen LogP contribution is 2.07. The third kappa shape index (κ3) is 5.50. The monoisotopic (exact) mass is 355 g/mol. The summed E-state index contributed by atoms with van der Waals surface area (Å²) in [6.45, 7) is 7.49. The first kappa shape index (κ1) is 18.3. The summed E-state index contributed by atoms with van der Waals surface area (Å²) in [5, 5.41) is 14.2. The van der Waals surface area contributed by atoms with Crippen molar-refractivity contribution >= 4 is 11.7 Å². The van der Waals surface area contributed by atoms with Gasteiger partial charge in [0, 0.05) is 32.7 Å². The number of benzene rings is 1. The van der Waals surface area contributed by atoms with E-state index in [-0.39, 0.29) is 5.91 Å². The quantitative estimate of drug-likeness (QED) is 0.783. The zero-order valence-electron chi connectivity index (χ0n) is 15.1. The van der Waals surface area contributed by atoms with E-state index < -0.39 is 0 Å². The van der Waals surface area contributed by atoms with Gasteiger partial charge in [-0.05, 0) is 24.6 Å². The van der Waals surface area contributed by atoms with Gasteiger partial charge in [-0.25, -0.2) is 0 Å². The molecule has 0 saturated carbocycles. The van der Waals surface area contributed by atoms with Crippen molar-refractivity contribution in [2.45, 2.75) is 13.5 Å². The van der Waals surface area contributed by atoms with Crippen molar-refractivity contribution in [2.24, 2.45) is 0 Å². The number of carbonyl (C=O) groups is 1. The predicted molar refractivity (Wildman–Crippen MR) is 100 cm³/mol. The lowest BCUT2D eigenvalue weighted by Gasteiger charge is -2.26. The Balaban J connectivity index is 1.42. The largest absolute Gasteiger partial charge is 0.379 e. The second-order valence-electron chi connectivity index (χ2n) is 6.35. The Kier molecular flexibility index (Phi) is 6.51. The molecule has 1 aromatic heterocycles. The molecule has 26 heavy (non-hydrogen) atoms. The van der Waals surface area contributed by atoms with Crippen molar-refractivity contribution in [1.82, 2.24) is 20.4 Å². The number of amides is 1. The first-order valence-electron chi connectivity index (χ1n) is 8.92. The number of anilines is 1. The maximum Gasteiger partial charge on any atom is 0.271 e. The van der Waals surface area contributed by atoms with E-state index in [1.165, 1.54) is 11.1 Å². The Morgan fingerprint density at radius 2 is 1.88 bits per heavy atom. The minimum absolute atomic E-state index is 0.198. The normalized spacial score (nSPS) is 14.8. The molecule has 0 unspecified atom stereocenters.